The Kier molecular flexibility index (Phi) is 4.62. The maximum atomic E-state index is 12.2. The highest BCUT2D eigenvalue weighted by Gasteiger charge is 2.26. The van der Waals surface area contributed by atoms with Gasteiger partial charge in [-0.3, -0.25) is 4.79 Å². The molecule has 1 aliphatic carbocycles. The average molecular weight is 314 g/mol. The SMILES string of the molecule is Cn1ccnc1CNc1ccc(C(=O)N[C@H]2CCC[C@@H]2O)cc1. The molecule has 3 rings (SSSR count). The zero-order valence-electron chi connectivity index (χ0n) is 13.2. The smallest absolute Gasteiger partial charge is 0.251 e. The zero-order chi connectivity index (χ0) is 16.2. The number of benzene rings is 1. The number of nitrogens with zero attached hydrogens (tertiary/aromatic N) is 2. The molecule has 122 valence electrons. The molecule has 0 saturated heterocycles. The van der Waals surface area contributed by atoms with Gasteiger partial charge in [-0.25, -0.2) is 4.98 Å². The molecule has 1 amide bonds. The molecule has 1 saturated carbocycles. The van der Waals surface area contributed by atoms with Gasteiger partial charge in [-0.05, 0) is 43.5 Å². The van der Waals surface area contributed by atoms with Gasteiger partial charge in [0.1, 0.15) is 5.82 Å². The number of hydrogen-bond acceptors (Lipinski definition) is 4. The van der Waals surface area contributed by atoms with E-state index in [1.807, 2.05) is 29.9 Å². The number of anilines is 1. The lowest BCUT2D eigenvalue weighted by Crippen LogP contribution is -2.39. The minimum atomic E-state index is -0.419. The fourth-order valence-corrected chi connectivity index (χ4v) is 2.85. The van der Waals surface area contributed by atoms with E-state index in [4.69, 9.17) is 0 Å². The Hall–Kier alpha value is -2.34. The van der Waals surface area contributed by atoms with Gasteiger partial charge in [-0.1, -0.05) is 0 Å². The first-order valence-electron chi connectivity index (χ1n) is 7.92. The fraction of sp³-hybridized carbons (Fsp3) is 0.412. The van der Waals surface area contributed by atoms with Crippen molar-refractivity contribution in [2.45, 2.75) is 38.0 Å². The molecule has 0 aliphatic heterocycles. The predicted molar refractivity (Wildman–Crippen MR) is 88.1 cm³/mol. The van der Waals surface area contributed by atoms with Crippen molar-refractivity contribution in [3.05, 3.63) is 48.0 Å². The summed E-state index contributed by atoms with van der Waals surface area (Å²) in [7, 11) is 1.95. The second-order valence-electron chi connectivity index (χ2n) is 5.96. The fourth-order valence-electron chi connectivity index (χ4n) is 2.85. The lowest BCUT2D eigenvalue weighted by molar-refractivity contribution is 0.0873. The Labute approximate surface area is 135 Å². The van der Waals surface area contributed by atoms with Gasteiger partial charge in [-0.15, -0.1) is 0 Å². The van der Waals surface area contributed by atoms with Crippen molar-refractivity contribution >= 4 is 11.6 Å². The van der Waals surface area contributed by atoms with Gasteiger partial charge in [0.15, 0.2) is 0 Å². The molecule has 0 bridgehead atoms. The second-order valence-corrected chi connectivity index (χ2v) is 5.96. The van der Waals surface area contributed by atoms with Crippen LogP contribution in [-0.4, -0.2) is 32.7 Å². The lowest BCUT2D eigenvalue weighted by Gasteiger charge is -2.16. The highest BCUT2D eigenvalue weighted by atomic mass is 16.3. The van der Waals surface area contributed by atoms with E-state index in [0.717, 1.165) is 30.8 Å². The van der Waals surface area contributed by atoms with Gasteiger partial charge in [0.2, 0.25) is 0 Å². The largest absolute Gasteiger partial charge is 0.391 e. The van der Waals surface area contributed by atoms with Crippen molar-refractivity contribution in [1.29, 1.82) is 0 Å². The third kappa shape index (κ3) is 3.71. The summed E-state index contributed by atoms with van der Waals surface area (Å²) >= 11 is 0. The Balaban J connectivity index is 1.56. The number of nitrogens with one attached hydrogen (secondary N) is 2. The van der Waals surface area contributed by atoms with Gasteiger partial charge in [0.25, 0.3) is 5.91 Å². The molecular formula is C17H22N4O2. The van der Waals surface area contributed by atoms with E-state index in [1.54, 1.807) is 18.3 Å². The summed E-state index contributed by atoms with van der Waals surface area (Å²) in [5.41, 5.74) is 1.54. The topological polar surface area (TPSA) is 79.2 Å². The van der Waals surface area contributed by atoms with E-state index in [2.05, 4.69) is 15.6 Å². The number of rotatable bonds is 5. The van der Waals surface area contributed by atoms with Crippen molar-refractivity contribution in [3.8, 4) is 0 Å². The van der Waals surface area contributed by atoms with Crippen LogP contribution in [0.5, 0.6) is 0 Å². The van der Waals surface area contributed by atoms with Gasteiger partial charge >= 0.3 is 0 Å². The number of amides is 1. The summed E-state index contributed by atoms with van der Waals surface area (Å²) < 4.78 is 1.96. The molecule has 1 aliphatic rings. The van der Waals surface area contributed by atoms with E-state index in [0.29, 0.717) is 12.1 Å². The van der Waals surface area contributed by atoms with Gasteiger partial charge in [0.05, 0.1) is 18.7 Å². The van der Waals surface area contributed by atoms with Crippen LogP contribution in [0, 0.1) is 0 Å². The molecule has 2 aromatic rings. The molecule has 1 aromatic heterocycles. The summed E-state index contributed by atoms with van der Waals surface area (Å²) in [6.07, 6.45) is 5.82. The summed E-state index contributed by atoms with van der Waals surface area (Å²) in [6, 6.07) is 7.21. The van der Waals surface area contributed by atoms with Crippen LogP contribution in [0.15, 0.2) is 36.7 Å². The minimum Gasteiger partial charge on any atom is -0.391 e. The van der Waals surface area contributed by atoms with Crippen molar-refractivity contribution in [3.63, 3.8) is 0 Å². The molecule has 2 atom stereocenters. The number of carbonyl (C=O) groups excluding carboxylic acids is 1. The van der Waals surface area contributed by atoms with Crippen LogP contribution in [-0.2, 0) is 13.6 Å². The number of imidazole rings is 1. The van der Waals surface area contributed by atoms with Crippen LogP contribution in [0.2, 0.25) is 0 Å². The molecule has 3 N–H and O–H groups in total. The molecule has 1 heterocycles. The predicted octanol–water partition coefficient (Wildman–Crippen LogP) is 1.68. The van der Waals surface area contributed by atoms with Crippen LogP contribution in [0.25, 0.3) is 0 Å². The number of aliphatic hydroxyl groups excluding tert-OH is 1. The molecule has 0 spiro atoms. The maximum Gasteiger partial charge on any atom is 0.251 e. The Bertz CT molecular complexity index is 665. The third-order valence-electron chi connectivity index (χ3n) is 4.31. The Morgan fingerprint density at radius 3 is 2.74 bits per heavy atom. The summed E-state index contributed by atoms with van der Waals surface area (Å²) in [4.78, 5) is 16.4. The quantitative estimate of drug-likeness (QED) is 0.784. The Morgan fingerprint density at radius 1 is 1.35 bits per heavy atom. The average Bonchev–Trinajstić information content (AvgIpc) is 3.14. The number of hydrogen-bond donors (Lipinski definition) is 3. The zero-order valence-corrected chi connectivity index (χ0v) is 13.2. The molecule has 23 heavy (non-hydrogen) atoms. The van der Waals surface area contributed by atoms with Crippen LogP contribution in [0.4, 0.5) is 5.69 Å². The minimum absolute atomic E-state index is 0.122. The number of aliphatic hydroxyl groups is 1. The van der Waals surface area contributed by atoms with Gasteiger partial charge in [-0.2, -0.15) is 0 Å². The molecular weight excluding hydrogens is 292 g/mol. The first kappa shape index (κ1) is 15.6. The highest BCUT2D eigenvalue weighted by Crippen LogP contribution is 2.19. The first-order chi connectivity index (χ1) is 11.1. The van der Waals surface area contributed by atoms with E-state index in [-0.39, 0.29) is 11.9 Å². The highest BCUT2D eigenvalue weighted by molar-refractivity contribution is 5.94. The van der Waals surface area contributed by atoms with Crippen LogP contribution >= 0.6 is 0 Å². The maximum absolute atomic E-state index is 12.2. The first-order valence-corrected chi connectivity index (χ1v) is 7.92. The molecule has 0 radical (unpaired) electrons. The normalized spacial score (nSPS) is 20.4. The van der Waals surface area contributed by atoms with Crippen LogP contribution in [0.3, 0.4) is 0 Å². The van der Waals surface area contributed by atoms with E-state index in [1.165, 1.54) is 0 Å². The van der Waals surface area contributed by atoms with Crippen molar-refractivity contribution in [2.75, 3.05) is 5.32 Å². The van der Waals surface area contributed by atoms with E-state index < -0.39 is 6.10 Å². The monoisotopic (exact) mass is 314 g/mol. The van der Waals surface area contributed by atoms with Crippen LogP contribution < -0.4 is 10.6 Å². The molecule has 1 fully saturated rings. The molecule has 0 unspecified atom stereocenters. The van der Waals surface area contributed by atoms with Gasteiger partial charge < -0.3 is 20.3 Å². The molecule has 1 aromatic carbocycles. The summed E-state index contributed by atoms with van der Waals surface area (Å²) in [6.45, 7) is 0.628. The summed E-state index contributed by atoms with van der Waals surface area (Å²) in [5.74, 6) is 0.814. The third-order valence-corrected chi connectivity index (χ3v) is 4.31. The van der Waals surface area contributed by atoms with E-state index >= 15 is 0 Å². The van der Waals surface area contributed by atoms with E-state index in [9.17, 15) is 9.90 Å². The Morgan fingerprint density at radius 2 is 2.13 bits per heavy atom. The lowest BCUT2D eigenvalue weighted by atomic mass is 10.1. The standard InChI is InChI=1S/C17H22N4O2/c1-21-10-9-18-16(21)11-19-13-7-5-12(6-8-13)17(23)20-14-3-2-4-15(14)22/h5-10,14-15,19,22H,2-4,11H2,1H3,(H,20,23)/t14-,15-/m0/s1. The number of carbonyl (C=O) groups is 1. The molecule has 6 nitrogen and oxygen atoms in total. The van der Waals surface area contributed by atoms with Crippen molar-refractivity contribution < 1.29 is 9.90 Å². The van der Waals surface area contributed by atoms with Crippen molar-refractivity contribution in [1.82, 2.24) is 14.9 Å². The molecule has 6 heteroatoms. The number of aryl methyl sites for hydroxylation is 1. The van der Waals surface area contributed by atoms with Crippen LogP contribution in [0.1, 0.15) is 35.4 Å². The van der Waals surface area contributed by atoms with Crippen molar-refractivity contribution in [2.24, 2.45) is 7.05 Å². The second kappa shape index (κ2) is 6.83. The number of aromatic nitrogens is 2. The van der Waals surface area contributed by atoms with Gasteiger partial charge in [0, 0.05) is 30.7 Å². The summed E-state index contributed by atoms with van der Waals surface area (Å²) in [5, 5.41) is 16.0.